The molecule has 1 N–H and O–H groups in total. The summed E-state index contributed by atoms with van der Waals surface area (Å²) in [6, 6.07) is 18.3. The highest BCUT2D eigenvalue weighted by Crippen LogP contribution is 2.48. The Morgan fingerprint density at radius 2 is 1.69 bits per heavy atom. The summed E-state index contributed by atoms with van der Waals surface area (Å²) in [6.45, 7) is 3.32. The first-order valence-corrected chi connectivity index (χ1v) is 13.4. The van der Waals surface area contributed by atoms with Crippen LogP contribution in [0.3, 0.4) is 0 Å². The van der Waals surface area contributed by atoms with Crippen LogP contribution in [0.25, 0.3) is 0 Å². The summed E-state index contributed by atoms with van der Waals surface area (Å²) in [5.74, 6) is 0.553. The maximum absolute atomic E-state index is 13.8. The molecule has 3 aliphatic rings. The molecule has 0 saturated carbocycles. The zero-order valence-electron chi connectivity index (χ0n) is 18.5. The number of amides is 1. The first-order chi connectivity index (χ1) is 15.4. The molecule has 1 spiro atoms. The third-order valence-corrected chi connectivity index (χ3v) is 8.88. The number of likely N-dealkylation sites (tertiary alicyclic amines) is 1. The number of carbonyl (C=O) groups excluding carboxylic acids is 1. The van der Waals surface area contributed by atoms with Gasteiger partial charge in [0.1, 0.15) is 0 Å². The fourth-order valence-corrected chi connectivity index (χ4v) is 6.96. The van der Waals surface area contributed by atoms with Gasteiger partial charge in [0.15, 0.2) is 0 Å². The minimum Gasteiger partial charge on any atom is -0.342 e. The lowest BCUT2D eigenvalue weighted by molar-refractivity contribution is -0.138. The van der Waals surface area contributed by atoms with E-state index in [4.69, 9.17) is 0 Å². The van der Waals surface area contributed by atoms with Crippen LogP contribution in [0.1, 0.15) is 36.3 Å². The molecule has 0 aromatic heterocycles. The van der Waals surface area contributed by atoms with Crippen molar-refractivity contribution in [2.24, 2.45) is 5.92 Å². The molecule has 0 radical (unpaired) electrons. The maximum Gasteiger partial charge on any atom is 0.232 e. The summed E-state index contributed by atoms with van der Waals surface area (Å²) < 4.78 is 26.3. The van der Waals surface area contributed by atoms with E-state index in [9.17, 15) is 13.2 Å². The monoisotopic (exact) mass is 453 g/mol. The van der Waals surface area contributed by atoms with Crippen molar-refractivity contribution < 1.29 is 13.2 Å². The van der Waals surface area contributed by atoms with Crippen LogP contribution < -0.4 is 9.62 Å². The van der Waals surface area contributed by atoms with Crippen molar-refractivity contribution in [1.82, 2.24) is 10.2 Å². The van der Waals surface area contributed by atoms with Crippen molar-refractivity contribution in [3.63, 3.8) is 0 Å². The molecule has 0 bridgehead atoms. The molecule has 2 aromatic rings. The second-order valence-electron chi connectivity index (χ2n) is 9.45. The number of benzene rings is 2. The van der Waals surface area contributed by atoms with Crippen LogP contribution in [-0.2, 0) is 20.2 Å². The molecule has 5 rings (SSSR count). The molecule has 170 valence electrons. The van der Waals surface area contributed by atoms with E-state index in [-0.39, 0.29) is 17.2 Å². The Morgan fingerprint density at radius 1 is 1.00 bits per heavy atom. The molecule has 2 saturated heterocycles. The predicted octanol–water partition coefficient (Wildman–Crippen LogP) is 2.72. The summed E-state index contributed by atoms with van der Waals surface area (Å²) in [5, 5.41) is 3.47. The molecule has 0 aliphatic carbocycles. The molecular formula is C25H31N3O3S. The number of rotatable bonds is 3. The van der Waals surface area contributed by atoms with Crippen molar-refractivity contribution in [3.05, 3.63) is 65.7 Å². The van der Waals surface area contributed by atoms with E-state index in [0.29, 0.717) is 32.0 Å². The largest absolute Gasteiger partial charge is 0.342 e. The summed E-state index contributed by atoms with van der Waals surface area (Å²) >= 11 is 0. The van der Waals surface area contributed by atoms with Gasteiger partial charge in [-0.15, -0.1) is 0 Å². The van der Waals surface area contributed by atoms with E-state index in [0.717, 1.165) is 37.2 Å². The fraction of sp³-hybridized carbons (Fsp3) is 0.480. The van der Waals surface area contributed by atoms with Gasteiger partial charge in [-0.3, -0.25) is 9.10 Å². The molecule has 2 atom stereocenters. The number of fused-ring (bicyclic) bond motifs is 2. The predicted molar refractivity (Wildman–Crippen MR) is 126 cm³/mol. The summed E-state index contributed by atoms with van der Waals surface area (Å²) in [5.41, 5.74) is 2.72. The number of hydrogen-bond donors (Lipinski definition) is 1. The van der Waals surface area contributed by atoms with Gasteiger partial charge in [-0.05, 0) is 42.4 Å². The van der Waals surface area contributed by atoms with Gasteiger partial charge in [-0.2, -0.15) is 0 Å². The van der Waals surface area contributed by atoms with Crippen molar-refractivity contribution in [2.75, 3.05) is 43.3 Å². The Kier molecular flexibility index (Phi) is 5.50. The maximum atomic E-state index is 13.8. The SMILES string of the molecule is CS(=O)(=O)N1CC[C@]2(CNC[C@H]2C(=O)N2CCC(c3ccccc3)CC2)c2ccccc21. The summed E-state index contributed by atoms with van der Waals surface area (Å²) in [6.07, 6.45) is 3.89. The van der Waals surface area contributed by atoms with Crippen LogP contribution in [0.5, 0.6) is 0 Å². The highest BCUT2D eigenvalue weighted by atomic mass is 32.2. The Balaban J connectivity index is 1.38. The van der Waals surface area contributed by atoms with E-state index in [1.807, 2.05) is 35.2 Å². The molecule has 3 aliphatic heterocycles. The van der Waals surface area contributed by atoms with Crippen molar-refractivity contribution in [3.8, 4) is 0 Å². The normalized spacial score (nSPS) is 26.3. The fourth-order valence-electron chi connectivity index (χ4n) is 6.02. The minimum atomic E-state index is -3.36. The zero-order chi connectivity index (χ0) is 22.3. The Bertz CT molecular complexity index is 1100. The quantitative estimate of drug-likeness (QED) is 0.776. The topological polar surface area (TPSA) is 69.7 Å². The second kappa shape index (κ2) is 8.19. The van der Waals surface area contributed by atoms with Crippen LogP contribution in [-0.4, -0.2) is 58.2 Å². The molecule has 32 heavy (non-hydrogen) atoms. The van der Waals surface area contributed by atoms with Crippen LogP contribution in [0.15, 0.2) is 54.6 Å². The first-order valence-electron chi connectivity index (χ1n) is 11.5. The lowest BCUT2D eigenvalue weighted by atomic mass is 9.67. The second-order valence-corrected chi connectivity index (χ2v) is 11.4. The van der Waals surface area contributed by atoms with Gasteiger partial charge < -0.3 is 10.2 Å². The van der Waals surface area contributed by atoms with E-state index in [1.165, 1.54) is 16.1 Å². The van der Waals surface area contributed by atoms with Crippen molar-refractivity contribution in [2.45, 2.75) is 30.6 Å². The Morgan fingerprint density at radius 3 is 2.41 bits per heavy atom. The van der Waals surface area contributed by atoms with Gasteiger partial charge >= 0.3 is 0 Å². The number of hydrogen-bond acceptors (Lipinski definition) is 4. The van der Waals surface area contributed by atoms with Gasteiger partial charge in [0.25, 0.3) is 0 Å². The molecule has 0 unspecified atom stereocenters. The lowest BCUT2D eigenvalue weighted by Gasteiger charge is -2.45. The highest BCUT2D eigenvalue weighted by molar-refractivity contribution is 7.92. The van der Waals surface area contributed by atoms with Crippen molar-refractivity contribution in [1.29, 1.82) is 0 Å². The Labute approximate surface area is 190 Å². The molecular weight excluding hydrogens is 422 g/mol. The molecule has 2 fully saturated rings. The van der Waals surface area contributed by atoms with Crippen LogP contribution in [0, 0.1) is 5.92 Å². The van der Waals surface area contributed by atoms with Crippen molar-refractivity contribution >= 4 is 21.6 Å². The summed E-state index contributed by atoms with van der Waals surface area (Å²) in [7, 11) is -3.36. The van der Waals surface area contributed by atoms with Crippen LogP contribution in [0.4, 0.5) is 5.69 Å². The van der Waals surface area contributed by atoms with Gasteiger partial charge in [-0.1, -0.05) is 48.5 Å². The number of nitrogens with zero attached hydrogens (tertiary/aromatic N) is 2. The smallest absolute Gasteiger partial charge is 0.232 e. The standard InChI is InChI=1S/C25H31N3O3S/c1-32(30,31)28-16-13-25(21-9-5-6-10-23(21)28)18-26-17-22(25)24(29)27-14-11-20(12-15-27)19-7-3-2-4-8-19/h2-10,20,22,26H,11-18H2,1H3/t22-,25-/m0/s1. The average Bonchev–Trinajstić information content (AvgIpc) is 3.23. The van der Waals surface area contributed by atoms with E-state index < -0.39 is 10.0 Å². The van der Waals surface area contributed by atoms with Crippen LogP contribution in [0.2, 0.25) is 0 Å². The van der Waals surface area contributed by atoms with Gasteiger partial charge in [-0.25, -0.2) is 8.42 Å². The molecule has 3 heterocycles. The number of nitrogens with one attached hydrogen (secondary N) is 1. The molecule has 7 heteroatoms. The summed E-state index contributed by atoms with van der Waals surface area (Å²) in [4.78, 5) is 15.8. The number of anilines is 1. The van der Waals surface area contributed by atoms with E-state index >= 15 is 0 Å². The number of para-hydroxylation sites is 1. The van der Waals surface area contributed by atoms with Gasteiger partial charge in [0.2, 0.25) is 15.9 Å². The number of sulfonamides is 1. The van der Waals surface area contributed by atoms with Crippen LogP contribution >= 0.6 is 0 Å². The molecule has 1 amide bonds. The van der Waals surface area contributed by atoms with E-state index in [2.05, 4.69) is 29.6 Å². The third-order valence-electron chi connectivity index (χ3n) is 7.70. The first kappa shape index (κ1) is 21.5. The highest BCUT2D eigenvalue weighted by Gasteiger charge is 2.52. The molecule has 2 aromatic carbocycles. The number of piperidine rings is 1. The van der Waals surface area contributed by atoms with E-state index in [1.54, 1.807) is 0 Å². The lowest BCUT2D eigenvalue weighted by Crippen LogP contribution is -2.52. The number of carbonyl (C=O) groups is 1. The minimum absolute atomic E-state index is 0.168. The van der Waals surface area contributed by atoms with Gasteiger partial charge in [0, 0.05) is 38.1 Å². The Hall–Kier alpha value is -2.38. The molecule has 6 nitrogen and oxygen atoms in total. The zero-order valence-corrected chi connectivity index (χ0v) is 19.4. The third kappa shape index (κ3) is 3.61. The average molecular weight is 454 g/mol. The van der Waals surface area contributed by atoms with Gasteiger partial charge in [0.05, 0.1) is 17.9 Å².